The predicted octanol–water partition coefficient (Wildman–Crippen LogP) is 5.14. The molecular weight excluding hydrogens is 317 g/mol. The molecule has 0 aliphatic carbocycles. The van der Waals surface area contributed by atoms with E-state index in [0.717, 1.165) is 16.9 Å². The van der Waals surface area contributed by atoms with Gasteiger partial charge in [-0.05, 0) is 30.3 Å². The lowest BCUT2D eigenvalue weighted by atomic mass is 10.3. The van der Waals surface area contributed by atoms with Gasteiger partial charge in [0, 0.05) is 5.02 Å². The van der Waals surface area contributed by atoms with Gasteiger partial charge in [0.25, 0.3) is 0 Å². The van der Waals surface area contributed by atoms with Crippen LogP contribution in [0.5, 0.6) is 0 Å². The molecule has 1 aromatic heterocycles. The van der Waals surface area contributed by atoms with E-state index in [1.165, 1.54) is 0 Å². The Balaban J connectivity index is 1.83. The fourth-order valence-corrected chi connectivity index (χ4v) is 2.66. The average molecular weight is 327 g/mol. The van der Waals surface area contributed by atoms with Crippen LogP contribution in [0.2, 0.25) is 15.1 Å². The summed E-state index contributed by atoms with van der Waals surface area (Å²) in [6.45, 7) is 0.496. The van der Waals surface area contributed by atoms with Gasteiger partial charge in [0.05, 0.1) is 33.3 Å². The normalized spacial score (nSPS) is 10.9. The van der Waals surface area contributed by atoms with Crippen molar-refractivity contribution in [3.63, 3.8) is 0 Å². The number of hydrogen-bond donors (Lipinski definition) is 2. The molecule has 6 heteroatoms. The maximum Gasteiger partial charge on any atom is 0.126 e. The van der Waals surface area contributed by atoms with E-state index in [1.807, 2.05) is 18.2 Å². The van der Waals surface area contributed by atoms with Gasteiger partial charge in [-0.1, -0.05) is 40.9 Å². The number of rotatable bonds is 3. The number of benzene rings is 2. The van der Waals surface area contributed by atoms with Crippen LogP contribution in [-0.4, -0.2) is 9.97 Å². The lowest BCUT2D eigenvalue weighted by Gasteiger charge is -2.08. The monoisotopic (exact) mass is 325 g/mol. The first-order chi connectivity index (χ1) is 9.63. The van der Waals surface area contributed by atoms with Gasteiger partial charge in [-0.25, -0.2) is 4.98 Å². The van der Waals surface area contributed by atoms with Crippen LogP contribution in [0, 0.1) is 0 Å². The maximum absolute atomic E-state index is 6.10. The fourth-order valence-electron chi connectivity index (χ4n) is 1.96. The van der Waals surface area contributed by atoms with Crippen molar-refractivity contribution in [2.75, 3.05) is 5.32 Å². The summed E-state index contributed by atoms with van der Waals surface area (Å²) < 4.78 is 0. The molecule has 102 valence electrons. The molecule has 0 radical (unpaired) electrons. The summed E-state index contributed by atoms with van der Waals surface area (Å²) in [4.78, 5) is 7.67. The van der Waals surface area contributed by atoms with Crippen molar-refractivity contribution in [2.24, 2.45) is 0 Å². The number of nitrogens with zero attached hydrogens (tertiary/aromatic N) is 1. The van der Waals surface area contributed by atoms with Gasteiger partial charge in [0.15, 0.2) is 0 Å². The third-order valence-corrected chi connectivity index (χ3v) is 3.75. The Morgan fingerprint density at radius 1 is 1.05 bits per heavy atom. The average Bonchev–Trinajstić information content (AvgIpc) is 2.80. The van der Waals surface area contributed by atoms with Gasteiger partial charge in [0.2, 0.25) is 0 Å². The lowest BCUT2D eigenvalue weighted by molar-refractivity contribution is 1.01. The highest BCUT2D eigenvalue weighted by Gasteiger charge is 2.07. The molecule has 0 spiro atoms. The molecule has 0 unspecified atom stereocenters. The number of hydrogen-bond acceptors (Lipinski definition) is 2. The molecule has 20 heavy (non-hydrogen) atoms. The standard InChI is InChI=1S/C14H10Cl3N3/c15-8-4-5-11-12(6-8)20-13(19-11)7-18-14-9(16)2-1-3-10(14)17/h1-6,18H,7H2,(H,19,20). The van der Waals surface area contributed by atoms with Crippen molar-refractivity contribution in [3.05, 3.63) is 57.3 Å². The molecule has 3 nitrogen and oxygen atoms in total. The largest absolute Gasteiger partial charge is 0.375 e. The van der Waals surface area contributed by atoms with Gasteiger partial charge in [0.1, 0.15) is 5.82 Å². The minimum atomic E-state index is 0.496. The zero-order valence-corrected chi connectivity index (χ0v) is 12.5. The van der Waals surface area contributed by atoms with E-state index in [0.29, 0.717) is 27.3 Å². The smallest absolute Gasteiger partial charge is 0.126 e. The van der Waals surface area contributed by atoms with E-state index in [4.69, 9.17) is 34.8 Å². The van der Waals surface area contributed by atoms with Crippen molar-refractivity contribution >= 4 is 51.5 Å². The van der Waals surface area contributed by atoms with E-state index in [2.05, 4.69) is 15.3 Å². The summed E-state index contributed by atoms with van der Waals surface area (Å²) >= 11 is 18.1. The zero-order valence-electron chi connectivity index (χ0n) is 10.3. The molecule has 3 aromatic rings. The van der Waals surface area contributed by atoms with Crippen LogP contribution in [0.3, 0.4) is 0 Å². The van der Waals surface area contributed by atoms with Crippen molar-refractivity contribution in [1.82, 2.24) is 9.97 Å². The van der Waals surface area contributed by atoms with E-state index in [9.17, 15) is 0 Å². The SMILES string of the molecule is Clc1ccc2nc(CNc3c(Cl)cccc3Cl)[nH]c2c1. The Kier molecular flexibility index (Phi) is 3.74. The van der Waals surface area contributed by atoms with E-state index in [-0.39, 0.29) is 0 Å². The molecule has 0 saturated carbocycles. The molecular formula is C14H10Cl3N3. The molecule has 0 aliphatic rings. The third kappa shape index (κ3) is 2.70. The fraction of sp³-hybridized carbons (Fsp3) is 0.0714. The lowest BCUT2D eigenvalue weighted by Crippen LogP contribution is -2.02. The molecule has 0 saturated heterocycles. The quantitative estimate of drug-likeness (QED) is 0.700. The van der Waals surface area contributed by atoms with Crippen LogP contribution in [0.1, 0.15) is 5.82 Å². The third-order valence-electron chi connectivity index (χ3n) is 2.89. The number of aromatic amines is 1. The molecule has 3 rings (SSSR count). The van der Waals surface area contributed by atoms with Gasteiger partial charge in [-0.3, -0.25) is 0 Å². The molecule has 0 atom stereocenters. The van der Waals surface area contributed by atoms with Crippen LogP contribution < -0.4 is 5.32 Å². The predicted molar refractivity (Wildman–Crippen MR) is 84.9 cm³/mol. The van der Waals surface area contributed by atoms with Crippen LogP contribution in [0.15, 0.2) is 36.4 Å². The second-order valence-corrected chi connectivity index (χ2v) is 5.55. The summed E-state index contributed by atoms with van der Waals surface area (Å²) in [5, 5.41) is 5.02. The van der Waals surface area contributed by atoms with Gasteiger partial charge < -0.3 is 10.3 Å². The summed E-state index contributed by atoms with van der Waals surface area (Å²) in [6.07, 6.45) is 0. The molecule has 0 bridgehead atoms. The Morgan fingerprint density at radius 2 is 1.80 bits per heavy atom. The highest BCUT2D eigenvalue weighted by molar-refractivity contribution is 6.39. The van der Waals surface area contributed by atoms with Gasteiger partial charge >= 0.3 is 0 Å². The summed E-state index contributed by atoms with van der Waals surface area (Å²) in [7, 11) is 0. The Bertz CT molecular complexity index is 747. The first kappa shape index (κ1) is 13.6. The minimum Gasteiger partial charge on any atom is -0.375 e. The Morgan fingerprint density at radius 3 is 2.55 bits per heavy atom. The van der Waals surface area contributed by atoms with Crippen molar-refractivity contribution < 1.29 is 0 Å². The number of anilines is 1. The summed E-state index contributed by atoms with van der Waals surface area (Å²) in [6, 6.07) is 10.9. The van der Waals surface area contributed by atoms with Crippen LogP contribution in [0.25, 0.3) is 11.0 Å². The number of H-pyrrole nitrogens is 1. The first-order valence-corrected chi connectivity index (χ1v) is 7.09. The van der Waals surface area contributed by atoms with Crippen molar-refractivity contribution in [3.8, 4) is 0 Å². The van der Waals surface area contributed by atoms with Gasteiger partial charge in [-0.2, -0.15) is 0 Å². The maximum atomic E-state index is 6.10. The topological polar surface area (TPSA) is 40.7 Å². The van der Waals surface area contributed by atoms with Gasteiger partial charge in [-0.15, -0.1) is 0 Å². The van der Waals surface area contributed by atoms with Crippen molar-refractivity contribution in [1.29, 1.82) is 0 Å². The number of nitrogens with one attached hydrogen (secondary N) is 2. The molecule has 2 aromatic carbocycles. The van der Waals surface area contributed by atoms with Crippen molar-refractivity contribution in [2.45, 2.75) is 6.54 Å². The highest BCUT2D eigenvalue weighted by atomic mass is 35.5. The number of fused-ring (bicyclic) bond motifs is 1. The molecule has 1 heterocycles. The van der Waals surface area contributed by atoms with Crippen LogP contribution >= 0.6 is 34.8 Å². The number of aromatic nitrogens is 2. The molecule has 0 amide bonds. The minimum absolute atomic E-state index is 0.496. The van der Waals surface area contributed by atoms with E-state index in [1.54, 1.807) is 18.2 Å². The zero-order chi connectivity index (χ0) is 14.1. The molecule has 0 fully saturated rings. The molecule has 0 aliphatic heterocycles. The Labute approximate surface area is 130 Å². The molecule has 2 N–H and O–H groups in total. The Hall–Kier alpha value is -1.42. The van der Waals surface area contributed by atoms with E-state index >= 15 is 0 Å². The number of imidazole rings is 1. The second kappa shape index (κ2) is 5.52. The summed E-state index contributed by atoms with van der Waals surface area (Å²) in [5.41, 5.74) is 2.48. The van der Waals surface area contributed by atoms with Crippen LogP contribution in [-0.2, 0) is 6.54 Å². The second-order valence-electron chi connectivity index (χ2n) is 4.30. The number of para-hydroxylation sites is 1. The first-order valence-electron chi connectivity index (χ1n) is 5.95. The van der Waals surface area contributed by atoms with Crippen LogP contribution in [0.4, 0.5) is 5.69 Å². The highest BCUT2D eigenvalue weighted by Crippen LogP contribution is 2.30. The summed E-state index contributed by atoms with van der Waals surface area (Å²) in [5.74, 6) is 0.790. The van der Waals surface area contributed by atoms with E-state index < -0.39 is 0 Å². The number of halogens is 3.